The fourth-order valence-electron chi connectivity index (χ4n) is 4.22. The molecular weight excluding hydrogens is 260 g/mol. The van der Waals surface area contributed by atoms with Crippen LogP contribution < -0.4 is 4.90 Å². The second kappa shape index (κ2) is 5.29. The lowest BCUT2D eigenvalue weighted by Crippen LogP contribution is -2.51. The molecule has 114 valence electrons. The number of likely N-dealkylation sites (tertiary alicyclic amines) is 1. The van der Waals surface area contributed by atoms with Crippen molar-refractivity contribution in [2.24, 2.45) is 0 Å². The van der Waals surface area contributed by atoms with Gasteiger partial charge < -0.3 is 9.64 Å². The topological polar surface area (TPSA) is 15.7 Å². The van der Waals surface area contributed by atoms with Gasteiger partial charge >= 0.3 is 0 Å². The smallest absolute Gasteiger partial charge is 0.0622 e. The Bertz CT molecular complexity index is 516. The van der Waals surface area contributed by atoms with Crippen molar-refractivity contribution in [1.29, 1.82) is 0 Å². The van der Waals surface area contributed by atoms with E-state index < -0.39 is 0 Å². The zero-order valence-corrected chi connectivity index (χ0v) is 13.2. The van der Waals surface area contributed by atoms with Crippen molar-refractivity contribution in [3.05, 3.63) is 29.3 Å². The van der Waals surface area contributed by atoms with Gasteiger partial charge in [0.15, 0.2) is 0 Å². The third-order valence-corrected chi connectivity index (χ3v) is 5.49. The summed E-state index contributed by atoms with van der Waals surface area (Å²) in [5, 5.41) is 0. The molecular formula is C18H26N2O. The lowest BCUT2D eigenvalue weighted by Gasteiger charge is -2.43. The Morgan fingerprint density at radius 3 is 2.81 bits per heavy atom. The Labute approximate surface area is 127 Å². The van der Waals surface area contributed by atoms with E-state index in [1.165, 1.54) is 38.2 Å². The molecule has 4 rings (SSSR count). The van der Waals surface area contributed by atoms with Crippen molar-refractivity contribution >= 4 is 5.69 Å². The van der Waals surface area contributed by atoms with Crippen molar-refractivity contribution in [3.8, 4) is 0 Å². The third-order valence-electron chi connectivity index (χ3n) is 5.49. The fraction of sp³-hybridized carbons (Fsp3) is 0.667. The normalized spacial score (nSPS) is 26.4. The van der Waals surface area contributed by atoms with E-state index in [1.54, 1.807) is 11.1 Å². The van der Waals surface area contributed by atoms with E-state index in [-0.39, 0.29) is 0 Å². The van der Waals surface area contributed by atoms with Crippen LogP contribution in [0.2, 0.25) is 0 Å². The molecule has 3 heteroatoms. The maximum Gasteiger partial charge on any atom is 0.0622 e. The molecule has 0 aromatic heterocycles. The van der Waals surface area contributed by atoms with Gasteiger partial charge in [-0.2, -0.15) is 0 Å². The van der Waals surface area contributed by atoms with Gasteiger partial charge in [0, 0.05) is 49.9 Å². The van der Waals surface area contributed by atoms with Gasteiger partial charge in [-0.05, 0) is 43.9 Å². The summed E-state index contributed by atoms with van der Waals surface area (Å²) >= 11 is 0. The van der Waals surface area contributed by atoms with Crippen LogP contribution in [-0.4, -0.2) is 49.8 Å². The Kier molecular flexibility index (Phi) is 3.43. The van der Waals surface area contributed by atoms with Crippen LogP contribution in [0.3, 0.4) is 0 Å². The Balaban J connectivity index is 1.50. The molecule has 0 N–H and O–H groups in total. The number of anilines is 1. The average molecular weight is 286 g/mol. The Morgan fingerprint density at radius 2 is 2.10 bits per heavy atom. The molecule has 3 aliphatic heterocycles. The van der Waals surface area contributed by atoms with Crippen LogP contribution in [0.5, 0.6) is 0 Å². The van der Waals surface area contributed by atoms with E-state index in [4.69, 9.17) is 4.74 Å². The number of nitrogens with zero attached hydrogens (tertiary/aromatic N) is 2. The summed E-state index contributed by atoms with van der Waals surface area (Å²) in [6, 6.07) is 8.24. The summed E-state index contributed by atoms with van der Waals surface area (Å²) in [5.74, 6) is 0.743. The molecule has 3 aliphatic rings. The maximum absolute atomic E-state index is 5.52. The molecule has 0 bridgehead atoms. The van der Waals surface area contributed by atoms with E-state index in [2.05, 4.69) is 41.8 Å². The second-order valence-corrected chi connectivity index (χ2v) is 7.05. The van der Waals surface area contributed by atoms with Crippen LogP contribution in [0, 0.1) is 0 Å². The summed E-state index contributed by atoms with van der Waals surface area (Å²) in [4.78, 5) is 5.17. The molecule has 3 heterocycles. The van der Waals surface area contributed by atoms with Gasteiger partial charge in [0.25, 0.3) is 0 Å². The maximum atomic E-state index is 5.52. The summed E-state index contributed by atoms with van der Waals surface area (Å²) < 4.78 is 5.52. The number of hydrogen-bond donors (Lipinski definition) is 0. The highest BCUT2D eigenvalue weighted by Gasteiger charge is 2.37. The quantitative estimate of drug-likeness (QED) is 0.849. The number of ether oxygens (including phenoxy) is 1. The predicted molar refractivity (Wildman–Crippen MR) is 86.2 cm³/mol. The van der Waals surface area contributed by atoms with Crippen LogP contribution in [0.25, 0.3) is 0 Å². The van der Waals surface area contributed by atoms with E-state index in [1.807, 2.05) is 0 Å². The van der Waals surface area contributed by atoms with Crippen molar-refractivity contribution in [2.75, 3.05) is 37.7 Å². The monoisotopic (exact) mass is 286 g/mol. The van der Waals surface area contributed by atoms with E-state index in [9.17, 15) is 0 Å². The highest BCUT2D eigenvalue weighted by molar-refractivity contribution is 5.62. The molecule has 1 atom stereocenters. The Morgan fingerprint density at radius 1 is 1.24 bits per heavy atom. The third kappa shape index (κ3) is 2.27. The van der Waals surface area contributed by atoms with Crippen molar-refractivity contribution in [1.82, 2.24) is 4.90 Å². The summed E-state index contributed by atoms with van der Waals surface area (Å²) in [7, 11) is 0. The predicted octanol–water partition coefficient (Wildman–Crippen LogP) is 2.65. The molecule has 0 saturated carbocycles. The van der Waals surface area contributed by atoms with Gasteiger partial charge in [0.1, 0.15) is 0 Å². The first-order valence-corrected chi connectivity index (χ1v) is 8.44. The minimum absolute atomic E-state index is 0.607. The molecule has 1 aromatic rings. The Hall–Kier alpha value is -1.06. The van der Waals surface area contributed by atoms with Gasteiger partial charge in [-0.1, -0.05) is 12.1 Å². The minimum atomic E-state index is 0.607. The zero-order valence-electron chi connectivity index (χ0n) is 13.2. The van der Waals surface area contributed by atoms with Crippen molar-refractivity contribution in [2.45, 2.75) is 44.7 Å². The molecule has 0 aliphatic carbocycles. The van der Waals surface area contributed by atoms with E-state index in [0.29, 0.717) is 12.1 Å². The lowest BCUT2D eigenvalue weighted by atomic mass is 9.86. The molecule has 0 radical (unpaired) electrons. The lowest BCUT2D eigenvalue weighted by molar-refractivity contribution is 0.0773. The second-order valence-electron chi connectivity index (χ2n) is 7.05. The molecule has 0 amide bonds. The largest absolute Gasteiger partial charge is 0.380 e. The number of hydrogen-bond acceptors (Lipinski definition) is 3. The molecule has 0 spiro atoms. The van der Waals surface area contributed by atoms with E-state index in [0.717, 1.165) is 19.1 Å². The van der Waals surface area contributed by atoms with Crippen LogP contribution >= 0.6 is 0 Å². The van der Waals surface area contributed by atoms with E-state index >= 15 is 0 Å². The average Bonchev–Trinajstić information content (AvgIpc) is 3.05. The van der Waals surface area contributed by atoms with Gasteiger partial charge in [-0.25, -0.2) is 0 Å². The standard InChI is InChI=1S/C18H26N2O/c1-13(2)20-8-6-17-16(4-3-5-18(17)20)14-10-19(11-14)15-7-9-21-12-15/h3-5,13-15H,6-12H2,1-2H3. The SMILES string of the molecule is CC(C)N1CCc2c(C3CN(C4CCOC4)C3)cccc21. The molecule has 1 aromatic carbocycles. The van der Waals surface area contributed by atoms with Crippen molar-refractivity contribution < 1.29 is 4.74 Å². The van der Waals surface area contributed by atoms with Crippen LogP contribution in [-0.2, 0) is 11.2 Å². The van der Waals surface area contributed by atoms with Gasteiger partial charge in [0.2, 0.25) is 0 Å². The summed E-state index contributed by atoms with van der Waals surface area (Å²) in [5.41, 5.74) is 4.73. The van der Waals surface area contributed by atoms with Gasteiger partial charge in [-0.3, -0.25) is 4.90 Å². The summed E-state index contributed by atoms with van der Waals surface area (Å²) in [6.07, 6.45) is 2.45. The first-order valence-electron chi connectivity index (χ1n) is 8.44. The number of rotatable bonds is 3. The number of fused-ring (bicyclic) bond motifs is 1. The van der Waals surface area contributed by atoms with Gasteiger partial charge in [0.05, 0.1) is 6.61 Å². The van der Waals surface area contributed by atoms with Crippen molar-refractivity contribution in [3.63, 3.8) is 0 Å². The van der Waals surface area contributed by atoms with Crippen LogP contribution in [0.4, 0.5) is 5.69 Å². The first kappa shape index (κ1) is 13.6. The highest BCUT2D eigenvalue weighted by atomic mass is 16.5. The summed E-state index contributed by atoms with van der Waals surface area (Å²) in [6.45, 7) is 10.1. The molecule has 21 heavy (non-hydrogen) atoms. The molecule has 2 fully saturated rings. The number of benzene rings is 1. The first-order chi connectivity index (χ1) is 10.2. The van der Waals surface area contributed by atoms with Gasteiger partial charge in [-0.15, -0.1) is 0 Å². The fourth-order valence-corrected chi connectivity index (χ4v) is 4.22. The van der Waals surface area contributed by atoms with Crippen LogP contribution in [0.1, 0.15) is 37.3 Å². The van der Waals surface area contributed by atoms with Crippen LogP contribution in [0.15, 0.2) is 18.2 Å². The molecule has 3 nitrogen and oxygen atoms in total. The minimum Gasteiger partial charge on any atom is -0.380 e. The molecule has 2 saturated heterocycles. The highest BCUT2D eigenvalue weighted by Crippen LogP contribution is 2.39. The molecule has 1 unspecified atom stereocenters. The zero-order chi connectivity index (χ0) is 14.4.